The van der Waals surface area contributed by atoms with Crippen LogP contribution >= 0.6 is 0 Å². The number of pyridine rings is 1. The number of hydrogen-bond acceptors (Lipinski definition) is 5. The van der Waals surface area contributed by atoms with Crippen LogP contribution in [0, 0.1) is 0 Å². The Bertz CT molecular complexity index is 648. The first-order valence-corrected chi connectivity index (χ1v) is 9.59. The lowest BCUT2D eigenvalue weighted by atomic mass is 10.0. The Morgan fingerprint density at radius 1 is 1.48 bits per heavy atom. The van der Waals surface area contributed by atoms with Crippen molar-refractivity contribution in [2.24, 2.45) is 0 Å². The molecule has 7 nitrogen and oxygen atoms in total. The van der Waals surface area contributed by atoms with Gasteiger partial charge in [0.05, 0.1) is 12.9 Å². The van der Waals surface area contributed by atoms with E-state index in [4.69, 9.17) is 4.74 Å². The zero-order valence-corrected chi connectivity index (χ0v) is 14.3. The molecule has 128 valence electrons. The van der Waals surface area contributed by atoms with Crippen LogP contribution in [0.2, 0.25) is 0 Å². The lowest BCUT2D eigenvalue weighted by Crippen LogP contribution is -2.51. The van der Waals surface area contributed by atoms with E-state index in [9.17, 15) is 13.2 Å². The van der Waals surface area contributed by atoms with E-state index < -0.39 is 16.1 Å². The van der Waals surface area contributed by atoms with Crippen LogP contribution in [-0.2, 0) is 21.4 Å². The molecule has 2 rings (SSSR count). The van der Waals surface area contributed by atoms with Crippen molar-refractivity contribution in [3.63, 3.8) is 0 Å². The van der Waals surface area contributed by atoms with Crippen molar-refractivity contribution < 1.29 is 17.9 Å². The number of nitrogens with zero attached hydrogens (tertiary/aromatic N) is 2. The van der Waals surface area contributed by atoms with Gasteiger partial charge >= 0.3 is 0 Å². The molecule has 0 aromatic carbocycles. The monoisotopic (exact) mass is 341 g/mol. The Labute approximate surface area is 137 Å². The molecule has 0 spiro atoms. The molecule has 1 aromatic rings. The van der Waals surface area contributed by atoms with Gasteiger partial charge < -0.3 is 10.1 Å². The SMILES string of the molecule is CCOc1ncccc1CNC(=O)C1CCCCN1S(C)(=O)=O. The average molecular weight is 341 g/mol. The van der Waals surface area contributed by atoms with Crippen molar-refractivity contribution in [2.45, 2.75) is 38.8 Å². The first-order valence-electron chi connectivity index (χ1n) is 7.74. The topological polar surface area (TPSA) is 88.6 Å². The number of sulfonamides is 1. The van der Waals surface area contributed by atoms with Crippen LogP contribution in [0.25, 0.3) is 0 Å². The summed E-state index contributed by atoms with van der Waals surface area (Å²) in [5, 5.41) is 2.80. The van der Waals surface area contributed by atoms with Crippen molar-refractivity contribution in [1.82, 2.24) is 14.6 Å². The van der Waals surface area contributed by atoms with Gasteiger partial charge in [-0.1, -0.05) is 12.5 Å². The van der Waals surface area contributed by atoms with Crippen molar-refractivity contribution in [1.29, 1.82) is 0 Å². The van der Waals surface area contributed by atoms with E-state index in [0.717, 1.165) is 24.7 Å². The third kappa shape index (κ3) is 4.65. The highest BCUT2D eigenvalue weighted by Gasteiger charge is 2.34. The quantitative estimate of drug-likeness (QED) is 0.831. The number of ether oxygens (including phenoxy) is 1. The minimum Gasteiger partial charge on any atom is -0.478 e. The van der Waals surface area contributed by atoms with Crippen LogP contribution in [0.15, 0.2) is 18.3 Å². The minimum absolute atomic E-state index is 0.260. The van der Waals surface area contributed by atoms with Gasteiger partial charge in [-0.25, -0.2) is 13.4 Å². The van der Waals surface area contributed by atoms with Gasteiger partial charge in [-0.3, -0.25) is 4.79 Å². The molecule has 0 aliphatic carbocycles. The first-order chi connectivity index (χ1) is 10.9. The van der Waals surface area contributed by atoms with Crippen LogP contribution in [0.4, 0.5) is 0 Å². The van der Waals surface area contributed by atoms with Crippen LogP contribution < -0.4 is 10.1 Å². The fourth-order valence-corrected chi connectivity index (χ4v) is 3.81. The second-order valence-electron chi connectivity index (χ2n) is 5.50. The van der Waals surface area contributed by atoms with Crippen LogP contribution in [0.5, 0.6) is 5.88 Å². The minimum atomic E-state index is -3.38. The van der Waals surface area contributed by atoms with Crippen molar-refractivity contribution in [3.05, 3.63) is 23.9 Å². The van der Waals surface area contributed by atoms with Crippen molar-refractivity contribution in [3.8, 4) is 5.88 Å². The molecule has 0 bridgehead atoms. The van der Waals surface area contributed by atoms with E-state index in [0.29, 0.717) is 25.5 Å². The summed E-state index contributed by atoms with van der Waals surface area (Å²) in [7, 11) is -3.38. The van der Waals surface area contributed by atoms with Gasteiger partial charge in [0.2, 0.25) is 21.8 Å². The summed E-state index contributed by atoms with van der Waals surface area (Å²) in [6, 6.07) is 2.96. The molecule has 8 heteroatoms. The van der Waals surface area contributed by atoms with Crippen LogP contribution in [-0.4, -0.2) is 49.1 Å². The van der Waals surface area contributed by atoms with E-state index in [1.807, 2.05) is 13.0 Å². The smallest absolute Gasteiger partial charge is 0.238 e. The molecule has 2 heterocycles. The third-order valence-electron chi connectivity index (χ3n) is 3.77. The zero-order valence-electron chi connectivity index (χ0n) is 13.5. The van der Waals surface area contributed by atoms with Crippen molar-refractivity contribution >= 4 is 15.9 Å². The predicted molar refractivity (Wildman–Crippen MR) is 86.4 cm³/mol. The lowest BCUT2D eigenvalue weighted by Gasteiger charge is -2.32. The maximum Gasteiger partial charge on any atom is 0.238 e. The number of piperidine rings is 1. The molecule has 0 radical (unpaired) electrons. The molecular formula is C15H23N3O4S. The normalized spacial score (nSPS) is 19.3. The van der Waals surface area contributed by atoms with E-state index in [-0.39, 0.29) is 12.5 Å². The van der Waals surface area contributed by atoms with E-state index in [1.165, 1.54) is 4.31 Å². The van der Waals surface area contributed by atoms with Gasteiger partial charge in [0.25, 0.3) is 0 Å². The Hall–Kier alpha value is -1.67. The molecule has 1 amide bonds. The van der Waals surface area contributed by atoms with Gasteiger partial charge in [-0.15, -0.1) is 0 Å². The first kappa shape index (κ1) is 17.7. The molecule has 1 unspecified atom stereocenters. The highest BCUT2D eigenvalue weighted by Crippen LogP contribution is 2.20. The number of rotatable bonds is 6. The van der Waals surface area contributed by atoms with Crippen LogP contribution in [0.1, 0.15) is 31.7 Å². The zero-order chi connectivity index (χ0) is 16.9. The summed E-state index contributed by atoms with van der Waals surface area (Å²) in [4.78, 5) is 16.6. The van der Waals surface area contributed by atoms with Crippen LogP contribution in [0.3, 0.4) is 0 Å². The average Bonchev–Trinajstić information content (AvgIpc) is 2.53. The fraction of sp³-hybridized carbons (Fsp3) is 0.600. The standard InChI is InChI=1S/C15H23N3O4S/c1-3-22-15-12(7-6-9-16-15)11-17-14(19)13-8-4-5-10-18(13)23(2,20)21/h6-7,9,13H,3-5,8,10-11H2,1-2H3,(H,17,19). The molecule has 1 atom stereocenters. The largest absolute Gasteiger partial charge is 0.478 e. The third-order valence-corrected chi connectivity index (χ3v) is 5.06. The second kappa shape index (κ2) is 7.74. The Kier molecular flexibility index (Phi) is 5.95. The summed E-state index contributed by atoms with van der Waals surface area (Å²) in [6.45, 7) is 3.01. The molecule has 1 aliphatic rings. The maximum atomic E-state index is 12.4. The Morgan fingerprint density at radius 3 is 2.96 bits per heavy atom. The summed E-state index contributed by atoms with van der Waals surface area (Å²) in [5.74, 6) is 0.209. The number of hydrogen-bond donors (Lipinski definition) is 1. The highest BCUT2D eigenvalue weighted by molar-refractivity contribution is 7.88. The molecule has 1 N–H and O–H groups in total. The Morgan fingerprint density at radius 2 is 2.26 bits per heavy atom. The fourth-order valence-electron chi connectivity index (χ4n) is 2.69. The molecule has 1 aliphatic heterocycles. The van der Waals surface area contributed by atoms with E-state index >= 15 is 0 Å². The van der Waals surface area contributed by atoms with Gasteiger partial charge in [0, 0.05) is 24.8 Å². The predicted octanol–water partition coefficient (Wildman–Crippen LogP) is 0.911. The maximum absolute atomic E-state index is 12.4. The summed E-state index contributed by atoms with van der Waals surface area (Å²) in [6.07, 6.45) is 4.95. The summed E-state index contributed by atoms with van der Waals surface area (Å²) in [5.41, 5.74) is 0.768. The lowest BCUT2D eigenvalue weighted by molar-refractivity contribution is -0.125. The summed E-state index contributed by atoms with van der Waals surface area (Å²) < 4.78 is 30.4. The van der Waals surface area contributed by atoms with E-state index in [1.54, 1.807) is 12.3 Å². The molecule has 0 saturated carbocycles. The van der Waals surface area contributed by atoms with Gasteiger partial charge in [-0.05, 0) is 25.8 Å². The number of nitrogens with one attached hydrogen (secondary N) is 1. The highest BCUT2D eigenvalue weighted by atomic mass is 32.2. The number of carbonyl (C=O) groups excluding carboxylic acids is 1. The molecule has 1 saturated heterocycles. The number of aromatic nitrogens is 1. The number of amides is 1. The Balaban J connectivity index is 2.04. The van der Waals surface area contributed by atoms with Gasteiger partial charge in [-0.2, -0.15) is 4.31 Å². The molecular weight excluding hydrogens is 318 g/mol. The second-order valence-corrected chi connectivity index (χ2v) is 7.44. The number of carbonyl (C=O) groups is 1. The molecule has 1 fully saturated rings. The summed E-state index contributed by atoms with van der Waals surface area (Å²) >= 11 is 0. The van der Waals surface area contributed by atoms with Gasteiger partial charge in [0.1, 0.15) is 6.04 Å². The molecule has 1 aromatic heterocycles. The molecule has 23 heavy (non-hydrogen) atoms. The van der Waals surface area contributed by atoms with Gasteiger partial charge in [0.15, 0.2) is 0 Å². The van der Waals surface area contributed by atoms with E-state index in [2.05, 4.69) is 10.3 Å². The van der Waals surface area contributed by atoms with Crippen molar-refractivity contribution in [2.75, 3.05) is 19.4 Å².